The molecule has 0 aromatic heterocycles. The molecule has 2 N–H and O–H groups in total. The van der Waals surface area contributed by atoms with Crippen molar-refractivity contribution in [3.8, 4) is 0 Å². The van der Waals surface area contributed by atoms with Crippen LogP contribution in [0.15, 0.2) is 60.7 Å². The van der Waals surface area contributed by atoms with E-state index in [0.29, 0.717) is 6.54 Å². The van der Waals surface area contributed by atoms with Crippen LogP contribution in [0.3, 0.4) is 0 Å². The lowest BCUT2D eigenvalue weighted by Crippen LogP contribution is -2.39. The summed E-state index contributed by atoms with van der Waals surface area (Å²) in [5, 5.41) is 14.5. The molecule has 2 heteroatoms. The van der Waals surface area contributed by atoms with Crippen LogP contribution in [0.2, 0.25) is 0 Å². The van der Waals surface area contributed by atoms with Crippen molar-refractivity contribution < 1.29 is 5.11 Å². The highest BCUT2D eigenvalue weighted by atomic mass is 16.3. The Balaban J connectivity index is 2.07. The fraction of sp³-hybridized carbons (Fsp3) is 0.368. The summed E-state index contributed by atoms with van der Waals surface area (Å²) in [6.45, 7) is 4.79. The summed E-state index contributed by atoms with van der Waals surface area (Å²) in [5.74, 6) is 0. The van der Waals surface area contributed by atoms with Gasteiger partial charge in [-0.25, -0.2) is 0 Å². The molecule has 0 saturated heterocycles. The van der Waals surface area contributed by atoms with Crippen molar-refractivity contribution >= 4 is 0 Å². The highest BCUT2D eigenvalue weighted by Crippen LogP contribution is 2.26. The second-order valence-electron chi connectivity index (χ2n) is 5.66. The molecule has 0 bridgehead atoms. The molecule has 0 radical (unpaired) electrons. The normalized spacial score (nSPS) is 15.4. The second kappa shape index (κ2) is 7.39. The van der Waals surface area contributed by atoms with Crippen LogP contribution in [0, 0.1) is 0 Å². The summed E-state index contributed by atoms with van der Waals surface area (Å²) < 4.78 is 0. The molecule has 2 nitrogen and oxygen atoms in total. The van der Waals surface area contributed by atoms with Gasteiger partial charge in [-0.3, -0.25) is 0 Å². The fourth-order valence-electron chi connectivity index (χ4n) is 2.68. The van der Waals surface area contributed by atoms with E-state index in [1.165, 1.54) is 5.56 Å². The molecular formula is C19H25NO. The van der Waals surface area contributed by atoms with Crippen LogP contribution in [0.1, 0.15) is 43.9 Å². The van der Waals surface area contributed by atoms with Crippen LogP contribution in [0.4, 0.5) is 0 Å². The third-order valence-electron chi connectivity index (χ3n) is 3.97. The van der Waals surface area contributed by atoms with E-state index in [9.17, 15) is 5.11 Å². The SMILES string of the molecule is CCC[C@@](O)(CN[C@@H](C)c1ccccc1)c1ccccc1. The standard InChI is InChI=1S/C19H25NO/c1-3-14-19(21,18-12-8-5-9-13-18)15-20-16(2)17-10-6-4-7-11-17/h4-13,16,20-21H,3,14-15H2,1-2H3/t16-,19+/m0/s1. The van der Waals surface area contributed by atoms with E-state index in [4.69, 9.17) is 0 Å². The third-order valence-corrected chi connectivity index (χ3v) is 3.97. The molecule has 0 aliphatic rings. The minimum Gasteiger partial charge on any atom is -0.384 e. The largest absolute Gasteiger partial charge is 0.384 e. The smallest absolute Gasteiger partial charge is 0.102 e. The maximum atomic E-state index is 11.0. The zero-order chi connectivity index (χ0) is 15.1. The maximum Gasteiger partial charge on any atom is 0.102 e. The minimum absolute atomic E-state index is 0.221. The van der Waals surface area contributed by atoms with Crippen LogP contribution in [-0.2, 0) is 5.60 Å². The Labute approximate surface area is 127 Å². The van der Waals surface area contributed by atoms with E-state index in [1.54, 1.807) is 0 Å². The van der Waals surface area contributed by atoms with Crippen LogP contribution in [-0.4, -0.2) is 11.7 Å². The molecule has 0 saturated carbocycles. The third kappa shape index (κ3) is 4.16. The van der Waals surface area contributed by atoms with Gasteiger partial charge >= 0.3 is 0 Å². The first-order valence-corrected chi connectivity index (χ1v) is 7.72. The van der Waals surface area contributed by atoms with Gasteiger partial charge in [-0.05, 0) is 24.5 Å². The van der Waals surface area contributed by atoms with Gasteiger partial charge in [0.2, 0.25) is 0 Å². The summed E-state index contributed by atoms with van der Waals surface area (Å²) in [6, 6.07) is 20.5. The van der Waals surface area contributed by atoms with E-state index in [2.05, 4.69) is 31.3 Å². The molecule has 0 fully saturated rings. The molecule has 0 heterocycles. The zero-order valence-electron chi connectivity index (χ0n) is 12.9. The first-order valence-electron chi connectivity index (χ1n) is 7.72. The topological polar surface area (TPSA) is 32.3 Å². The molecule has 0 spiro atoms. The lowest BCUT2D eigenvalue weighted by Gasteiger charge is -2.30. The van der Waals surface area contributed by atoms with E-state index >= 15 is 0 Å². The van der Waals surface area contributed by atoms with Gasteiger partial charge in [-0.1, -0.05) is 74.0 Å². The summed E-state index contributed by atoms with van der Waals surface area (Å²) in [4.78, 5) is 0. The zero-order valence-corrected chi connectivity index (χ0v) is 12.9. The van der Waals surface area contributed by atoms with Gasteiger partial charge in [0, 0.05) is 12.6 Å². The Kier molecular flexibility index (Phi) is 5.54. The van der Waals surface area contributed by atoms with Crippen molar-refractivity contribution in [2.45, 2.75) is 38.3 Å². The molecule has 21 heavy (non-hydrogen) atoms. The molecule has 112 valence electrons. The van der Waals surface area contributed by atoms with Gasteiger partial charge in [0.25, 0.3) is 0 Å². The van der Waals surface area contributed by atoms with Gasteiger partial charge in [-0.2, -0.15) is 0 Å². The van der Waals surface area contributed by atoms with Gasteiger partial charge in [0.05, 0.1) is 0 Å². The van der Waals surface area contributed by atoms with E-state index in [1.807, 2.05) is 48.5 Å². The van der Waals surface area contributed by atoms with Gasteiger partial charge in [0.15, 0.2) is 0 Å². The Morgan fingerprint density at radius 3 is 2.14 bits per heavy atom. The molecule has 0 unspecified atom stereocenters. The highest BCUT2D eigenvalue weighted by molar-refractivity contribution is 5.23. The molecule has 0 aliphatic heterocycles. The number of nitrogens with one attached hydrogen (secondary N) is 1. The second-order valence-corrected chi connectivity index (χ2v) is 5.66. The summed E-state index contributed by atoms with van der Waals surface area (Å²) in [7, 11) is 0. The van der Waals surface area contributed by atoms with Crippen molar-refractivity contribution in [3.63, 3.8) is 0 Å². The van der Waals surface area contributed by atoms with Crippen LogP contribution in [0.25, 0.3) is 0 Å². The van der Waals surface area contributed by atoms with Gasteiger partial charge in [0.1, 0.15) is 5.60 Å². The Morgan fingerprint density at radius 2 is 1.57 bits per heavy atom. The number of rotatable bonds is 7. The molecule has 0 aliphatic carbocycles. The van der Waals surface area contributed by atoms with E-state index in [0.717, 1.165) is 18.4 Å². The number of aliphatic hydroxyl groups is 1. The lowest BCUT2D eigenvalue weighted by atomic mass is 9.89. The minimum atomic E-state index is -0.806. The monoisotopic (exact) mass is 283 g/mol. The first kappa shape index (κ1) is 15.7. The summed E-state index contributed by atoms with van der Waals surface area (Å²) in [5.41, 5.74) is 1.42. The fourth-order valence-corrected chi connectivity index (χ4v) is 2.68. The van der Waals surface area contributed by atoms with Crippen LogP contribution < -0.4 is 5.32 Å². The van der Waals surface area contributed by atoms with Crippen molar-refractivity contribution in [3.05, 3.63) is 71.8 Å². The molecule has 2 aromatic rings. The molecular weight excluding hydrogens is 258 g/mol. The van der Waals surface area contributed by atoms with Gasteiger partial charge < -0.3 is 10.4 Å². The molecule has 0 amide bonds. The van der Waals surface area contributed by atoms with Crippen molar-refractivity contribution in [1.29, 1.82) is 0 Å². The molecule has 2 rings (SSSR count). The van der Waals surface area contributed by atoms with Gasteiger partial charge in [-0.15, -0.1) is 0 Å². The summed E-state index contributed by atoms with van der Waals surface area (Å²) in [6.07, 6.45) is 1.71. The quantitative estimate of drug-likeness (QED) is 0.804. The maximum absolute atomic E-state index is 11.0. The van der Waals surface area contributed by atoms with E-state index in [-0.39, 0.29) is 6.04 Å². The number of benzene rings is 2. The van der Waals surface area contributed by atoms with Crippen molar-refractivity contribution in [2.75, 3.05) is 6.54 Å². The van der Waals surface area contributed by atoms with Crippen molar-refractivity contribution in [2.24, 2.45) is 0 Å². The van der Waals surface area contributed by atoms with Crippen molar-refractivity contribution in [1.82, 2.24) is 5.32 Å². The number of hydrogen-bond acceptors (Lipinski definition) is 2. The van der Waals surface area contributed by atoms with Crippen LogP contribution in [0.5, 0.6) is 0 Å². The summed E-state index contributed by atoms with van der Waals surface area (Å²) >= 11 is 0. The average molecular weight is 283 g/mol. The Morgan fingerprint density at radius 1 is 1.00 bits per heavy atom. The Hall–Kier alpha value is -1.64. The number of hydrogen-bond donors (Lipinski definition) is 2. The van der Waals surface area contributed by atoms with E-state index < -0.39 is 5.60 Å². The average Bonchev–Trinajstić information content (AvgIpc) is 2.54. The predicted molar refractivity (Wildman–Crippen MR) is 88.1 cm³/mol. The highest BCUT2D eigenvalue weighted by Gasteiger charge is 2.28. The van der Waals surface area contributed by atoms with Crippen LogP contribution >= 0.6 is 0 Å². The molecule has 2 aromatic carbocycles. The lowest BCUT2D eigenvalue weighted by molar-refractivity contribution is 0.0246. The molecule has 2 atom stereocenters. The Bertz CT molecular complexity index is 526. The predicted octanol–water partition coefficient (Wildman–Crippen LogP) is 4.03. The first-order chi connectivity index (χ1) is 10.2.